The zero-order valence-corrected chi connectivity index (χ0v) is 10.7. The number of hydrogen-bond acceptors (Lipinski definition) is 5. The van der Waals surface area contributed by atoms with Gasteiger partial charge in [-0.2, -0.15) is 5.10 Å². The maximum atomic E-state index is 11.9. The van der Waals surface area contributed by atoms with Gasteiger partial charge in [0.2, 0.25) is 5.91 Å². The van der Waals surface area contributed by atoms with E-state index < -0.39 is 0 Å². The molecule has 0 atom stereocenters. The number of benzene rings is 1. The summed E-state index contributed by atoms with van der Waals surface area (Å²) in [5.74, 6) is 5.05. The van der Waals surface area contributed by atoms with Gasteiger partial charge in [-0.05, 0) is 24.3 Å². The highest BCUT2D eigenvalue weighted by Crippen LogP contribution is 2.14. The summed E-state index contributed by atoms with van der Waals surface area (Å²) in [4.78, 5) is 22.8. The van der Waals surface area contributed by atoms with Crippen molar-refractivity contribution in [2.45, 2.75) is 6.92 Å². The lowest BCUT2D eigenvalue weighted by molar-refractivity contribution is -0.114. The molecule has 8 heteroatoms. The first-order chi connectivity index (χ1) is 9.58. The van der Waals surface area contributed by atoms with Crippen molar-refractivity contribution in [1.82, 2.24) is 10.2 Å². The number of carbonyl (C=O) groups is 2. The highest BCUT2D eigenvalue weighted by atomic mass is 16.2. The van der Waals surface area contributed by atoms with E-state index in [1.165, 1.54) is 13.0 Å². The second kappa shape index (κ2) is 5.85. The Hall–Kier alpha value is -2.87. The average Bonchev–Trinajstić information content (AvgIpc) is 2.89. The van der Waals surface area contributed by atoms with Gasteiger partial charge in [-0.1, -0.05) is 0 Å². The van der Waals surface area contributed by atoms with Crippen LogP contribution in [0.4, 0.5) is 17.2 Å². The average molecular weight is 274 g/mol. The van der Waals surface area contributed by atoms with Gasteiger partial charge in [0.1, 0.15) is 5.69 Å². The lowest BCUT2D eigenvalue weighted by Crippen LogP contribution is -2.12. The number of anilines is 3. The van der Waals surface area contributed by atoms with Gasteiger partial charge < -0.3 is 16.1 Å². The van der Waals surface area contributed by atoms with E-state index in [0.717, 1.165) is 0 Å². The topological polar surface area (TPSA) is 125 Å². The maximum Gasteiger partial charge on any atom is 0.273 e. The molecule has 0 saturated carbocycles. The van der Waals surface area contributed by atoms with E-state index in [9.17, 15) is 9.59 Å². The molecule has 0 aliphatic carbocycles. The molecule has 0 unspecified atom stereocenters. The molecular formula is C12H14N6O2. The van der Waals surface area contributed by atoms with Crippen LogP contribution in [-0.2, 0) is 4.79 Å². The summed E-state index contributed by atoms with van der Waals surface area (Å²) in [6.07, 6.45) is 0. The minimum absolute atomic E-state index is 0.152. The fraction of sp³-hybridized carbons (Fsp3) is 0.0833. The Labute approximate surface area is 114 Å². The van der Waals surface area contributed by atoms with Crippen molar-refractivity contribution in [1.29, 1.82) is 0 Å². The highest BCUT2D eigenvalue weighted by Gasteiger charge is 2.09. The SMILES string of the molecule is CC(=O)Nc1ccc(NC(=O)c2cc(NN)n[nH]2)cc1. The molecule has 0 bridgehead atoms. The molecule has 0 saturated heterocycles. The highest BCUT2D eigenvalue weighted by molar-refractivity contribution is 6.03. The smallest absolute Gasteiger partial charge is 0.273 e. The van der Waals surface area contributed by atoms with E-state index in [4.69, 9.17) is 5.84 Å². The molecule has 104 valence electrons. The Morgan fingerprint density at radius 2 is 1.75 bits per heavy atom. The van der Waals surface area contributed by atoms with Crippen LogP contribution in [0.2, 0.25) is 0 Å². The third-order valence-corrected chi connectivity index (χ3v) is 2.43. The van der Waals surface area contributed by atoms with Gasteiger partial charge in [0, 0.05) is 24.4 Å². The van der Waals surface area contributed by atoms with Crippen molar-refractivity contribution < 1.29 is 9.59 Å². The second-order valence-corrected chi connectivity index (χ2v) is 4.02. The maximum absolute atomic E-state index is 11.9. The molecule has 6 N–H and O–H groups in total. The Bertz CT molecular complexity index is 619. The Kier molecular flexibility index (Phi) is 3.96. The minimum atomic E-state index is -0.341. The number of rotatable bonds is 4. The van der Waals surface area contributed by atoms with E-state index in [1.54, 1.807) is 24.3 Å². The van der Waals surface area contributed by atoms with Crippen molar-refractivity contribution in [3.8, 4) is 0 Å². The van der Waals surface area contributed by atoms with Crippen molar-refractivity contribution in [2.75, 3.05) is 16.1 Å². The van der Waals surface area contributed by atoms with E-state index >= 15 is 0 Å². The van der Waals surface area contributed by atoms with Crippen LogP contribution in [0, 0.1) is 0 Å². The number of aromatic amines is 1. The van der Waals surface area contributed by atoms with Gasteiger partial charge in [-0.15, -0.1) is 0 Å². The van der Waals surface area contributed by atoms with Gasteiger partial charge in [0.15, 0.2) is 5.82 Å². The predicted molar refractivity (Wildman–Crippen MR) is 75.1 cm³/mol. The molecule has 0 aliphatic rings. The molecule has 1 aromatic heterocycles. The van der Waals surface area contributed by atoms with Crippen LogP contribution in [0.5, 0.6) is 0 Å². The fourth-order valence-electron chi connectivity index (χ4n) is 1.55. The molecule has 20 heavy (non-hydrogen) atoms. The van der Waals surface area contributed by atoms with E-state index in [2.05, 4.69) is 26.3 Å². The Morgan fingerprint density at radius 3 is 2.25 bits per heavy atom. The van der Waals surface area contributed by atoms with Crippen LogP contribution in [0.1, 0.15) is 17.4 Å². The molecule has 0 aliphatic heterocycles. The molecule has 0 radical (unpaired) electrons. The van der Waals surface area contributed by atoms with Crippen LogP contribution in [0.15, 0.2) is 30.3 Å². The third kappa shape index (κ3) is 3.33. The number of hydrazine groups is 1. The van der Waals surface area contributed by atoms with E-state index in [1.807, 2.05) is 0 Å². The molecule has 2 rings (SSSR count). The van der Waals surface area contributed by atoms with E-state index in [0.29, 0.717) is 17.2 Å². The van der Waals surface area contributed by atoms with Crippen LogP contribution in [0.25, 0.3) is 0 Å². The Balaban J connectivity index is 2.02. The van der Waals surface area contributed by atoms with Crippen molar-refractivity contribution in [2.24, 2.45) is 5.84 Å². The predicted octanol–water partition coefficient (Wildman–Crippen LogP) is 0.906. The first-order valence-corrected chi connectivity index (χ1v) is 5.79. The largest absolute Gasteiger partial charge is 0.326 e. The number of H-pyrrole nitrogens is 1. The minimum Gasteiger partial charge on any atom is -0.326 e. The second-order valence-electron chi connectivity index (χ2n) is 4.02. The summed E-state index contributed by atoms with van der Waals surface area (Å²) in [6, 6.07) is 8.23. The number of amides is 2. The molecule has 1 heterocycles. The summed E-state index contributed by atoms with van der Waals surface area (Å²) >= 11 is 0. The van der Waals surface area contributed by atoms with E-state index in [-0.39, 0.29) is 17.5 Å². The summed E-state index contributed by atoms with van der Waals surface area (Å²) in [5, 5.41) is 11.7. The number of nitrogens with zero attached hydrogens (tertiary/aromatic N) is 1. The monoisotopic (exact) mass is 274 g/mol. The first-order valence-electron chi connectivity index (χ1n) is 5.79. The van der Waals surface area contributed by atoms with Crippen LogP contribution >= 0.6 is 0 Å². The molecule has 0 fully saturated rings. The lowest BCUT2D eigenvalue weighted by atomic mass is 10.2. The number of aromatic nitrogens is 2. The van der Waals surface area contributed by atoms with Crippen LogP contribution in [0.3, 0.4) is 0 Å². The standard InChI is InChI=1S/C12H14N6O2/c1-7(19)14-8-2-4-9(5-3-8)15-12(20)10-6-11(16-13)18-17-10/h2-6H,13H2,1H3,(H,14,19)(H,15,20)(H2,16,17,18). The van der Waals surface area contributed by atoms with Crippen LogP contribution in [-0.4, -0.2) is 22.0 Å². The number of nitrogens with two attached hydrogens (primary N) is 1. The van der Waals surface area contributed by atoms with Gasteiger partial charge in [0.25, 0.3) is 5.91 Å². The number of nitrogen functional groups attached to an aromatic ring is 1. The summed E-state index contributed by atoms with van der Waals surface area (Å²) in [5.41, 5.74) is 3.87. The number of hydrogen-bond donors (Lipinski definition) is 5. The van der Waals surface area contributed by atoms with Gasteiger partial charge in [0.05, 0.1) is 0 Å². The van der Waals surface area contributed by atoms with Gasteiger partial charge in [-0.25, -0.2) is 5.84 Å². The normalized spacial score (nSPS) is 9.90. The number of nitrogens with one attached hydrogen (secondary N) is 4. The summed E-state index contributed by atoms with van der Waals surface area (Å²) in [6.45, 7) is 1.43. The molecule has 8 nitrogen and oxygen atoms in total. The molecule has 2 amide bonds. The van der Waals surface area contributed by atoms with Gasteiger partial charge >= 0.3 is 0 Å². The van der Waals surface area contributed by atoms with Gasteiger partial charge in [-0.3, -0.25) is 14.7 Å². The fourth-order valence-corrected chi connectivity index (χ4v) is 1.55. The summed E-state index contributed by atoms with van der Waals surface area (Å²) < 4.78 is 0. The van der Waals surface area contributed by atoms with Crippen molar-refractivity contribution in [3.05, 3.63) is 36.0 Å². The number of carbonyl (C=O) groups excluding carboxylic acids is 2. The lowest BCUT2D eigenvalue weighted by Gasteiger charge is -2.05. The molecular weight excluding hydrogens is 260 g/mol. The van der Waals surface area contributed by atoms with Crippen molar-refractivity contribution in [3.63, 3.8) is 0 Å². The first kappa shape index (κ1) is 13.6. The quantitative estimate of drug-likeness (QED) is 0.418. The zero-order valence-electron chi connectivity index (χ0n) is 10.7. The Morgan fingerprint density at radius 1 is 1.15 bits per heavy atom. The summed E-state index contributed by atoms with van der Waals surface area (Å²) in [7, 11) is 0. The van der Waals surface area contributed by atoms with Crippen LogP contribution < -0.4 is 21.9 Å². The third-order valence-electron chi connectivity index (χ3n) is 2.43. The molecule has 1 aromatic carbocycles. The molecule has 2 aromatic rings. The zero-order chi connectivity index (χ0) is 14.5. The molecule has 0 spiro atoms. The van der Waals surface area contributed by atoms with Crippen molar-refractivity contribution >= 4 is 29.0 Å².